The van der Waals surface area contributed by atoms with Gasteiger partial charge < -0.3 is 20.6 Å². The van der Waals surface area contributed by atoms with Gasteiger partial charge in [0.15, 0.2) is 11.9 Å². The molecule has 0 aliphatic heterocycles. The molecule has 0 atom stereocenters. The SMILES string of the molecule is Cc1cc(N=Nc2c(SOOO)cc3c(S(=O)(=O)O)c(Nc4nc(Cl)nc(SC(=O)O)n4)ccc3c2O)c(O)cc1N=Nc1ccc(SC#COOS(=O)(=O)O)cc1S(=O)(=O)O.[Cu]. The monoisotopic (exact) mass is 1060 g/mol. The number of anilines is 2. The Morgan fingerprint density at radius 3 is 2.21 bits per heavy atom. The molecule has 5 aromatic rings. The van der Waals surface area contributed by atoms with E-state index in [1.54, 1.807) is 6.11 Å². The van der Waals surface area contributed by atoms with E-state index in [2.05, 4.69) is 64.6 Å². The molecular weight excluding hydrogens is 1040 g/mol. The van der Waals surface area contributed by atoms with E-state index >= 15 is 0 Å². The number of carbonyl (C=O) groups is 1. The minimum atomic E-state index is -5.19. The third-order valence-electron chi connectivity index (χ3n) is 7.01. The first-order valence-corrected chi connectivity index (χ1v) is 22.4. The van der Waals surface area contributed by atoms with Gasteiger partial charge in [0.05, 0.1) is 28.3 Å². The van der Waals surface area contributed by atoms with Crippen molar-refractivity contribution >= 4 is 128 Å². The third-order valence-corrected chi connectivity index (χ3v) is 11.1. The number of nitrogens with zero attached hydrogens (tertiary/aromatic N) is 7. The van der Waals surface area contributed by atoms with Crippen molar-refractivity contribution in [2.45, 2.75) is 31.7 Å². The maximum Gasteiger partial charge on any atom is 0.433 e. The zero-order valence-electron chi connectivity index (χ0n) is 30.0. The van der Waals surface area contributed by atoms with Crippen LogP contribution >= 0.6 is 47.2 Å². The molecule has 63 heavy (non-hydrogen) atoms. The minimum Gasteiger partial charge on any atom is -0.506 e. The molecule has 1 radical (unpaired) electrons. The summed E-state index contributed by atoms with van der Waals surface area (Å²) in [6.45, 7) is 1.48. The second-order valence-electron chi connectivity index (χ2n) is 11.0. The maximum absolute atomic E-state index is 12.8. The summed E-state index contributed by atoms with van der Waals surface area (Å²) in [5.41, 5.74) is -1.26. The Balaban J connectivity index is 0.00000871. The molecule has 0 aliphatic rings. The standard InChI is InChI=1S/C29H19ClN8O18S6.Cu/c1-12-8-19(20(39)11-18(12)36-35-16-4-2-13(9-22(16)60(44,45)46)57-7-6-53-56-62(50,51)52)37-38-23-21(59-55-54-43)10-15-14(24(23)40)3-5-17(25(15)61(47,48)49)31-27-32-26(30)33-28(34-27)58-29(41)42;/h2-5,8-11,39-40,43H,1H3,(H,41,42)(H,44,45,46)(H,47,48,49)(H,50,51,52)(H,31,32,33,34);. The Kier molecular flexibility index (Phi) is 17.0. The molecule has 337 valence electrons. The van der Waals surface area contributed by atoms with Crippen molar-refractivity contribution in [3.05, 3.63) is 59.4 Å². The fourth-order valence-corrected chi connectivity index (χ4v) is 8.00. The van der Waals surface area contributed by atoms with E-state index in [0.717, 1.165) is 30.3 Å². The smallest absolute Gasteiger partial charge is 0.433 e. The minimum absolute atomic E-state index is 0. The molecule has 34 heteroatoms. The molecule has 5 rings (SSSR count). The van der Waals surface area contributed by atoms with E-state index in [1.165, 1.54) is 25.1 Å². The Morgan fingerprint density at radius 2 is 1.56 bits per heavy atom. The molecule has 1 aromatic heterocycles. The van der Waals surface area contributed by atoms with Gasteiger partial charge >= 0.3 is 15.7 Å². The van der Waals surface area contributed by atoms with Crippen molar-refractivity contribution in [1.29, 1.82) is 0 Å². The van der Waals surface area contributed by atoms with Crippen LogP contribution in [0.4, 0.5) is 39.2 Å². The van der Waals surface area contributed by atoms with Gasteiger partial charge in [-0.25, -0.2) is 10.1 Å². The number of hydrogen-bond acceptors (Lipinski definition) is 25. The van der Waals surface area contributed by atoms with Crippen LogP contribution in [0.3, 0.4) is 0 Å². The number of thioether (sulfide) groups is 2. The largest absolute Gasteiger partial charge is 0.506 e. The first-order valence-electron chi connectivity index (χ1n) is 15.4. The zero-order valence-corrected chi connectivity index (χ0v) is 36.6. The van der Waals surface area contributed by atoms with Crippen LogP contribution in [0, 0.1) is 18.3 Å². The number of phenolic OH excluding ortho intramolecular Hbond substituents is 2. The topological polar surface area (TPSA) is 398 Å². The van der Waals surface area contributed by atoms with Crippen molar-refractivity contribution in [3.63, 3.8) is 0 Å². The average Bonchev–Trinajstić information content (AvgIpc) is 3.15. The van der Waals surface area contributed by atoms with Crippen LogP contribution < -0.4 is 5.32 Å². The van der Waals surface area contributed by atoms with E-state index in [9.17, 15) is 49.4 Å². The molecular formula is C29H19ClCuN8O18S6. The quantitative estimate of drug-likeness (QED) is 0.00738. The van der Waals surface area contributed by atoms with Crippen molar-refractivity contribution in [1.82, 2.24) is 15.0 Å². The Labute approximate surface area is 380 Å². The second kappa shape index (κ2) is 21.1. The van der Waals surface area contributed by atoms with E-state index in [-0.39, 0.29) is 89.2 Å². The number of aromatic nitrogens is 3. The van der Waals surface area contributed by atoms with Gasteiger partial charge in [-0.15, -0.1) is 19.7 Å². The zero-order chi connectivity index (χ0) is 45.6. The fourth-order valence-electron chi connectivity index (χ4n) is 4.69. The number of carboxylic acid groups (broad SMARTS) is 1. The molecule has 0 spiro atoms. The molecule has 26 nitrogen and oxygen atoms in total. The van der Waals surface area contributed by atoms with E-state index < -0.39 is 79.8 Å². The molecule has 4 aromatic carbocycles. The second-order valence-corrected chi connectivity index (χ2v) is 17.6. The molecule has 8 N–H and O–H groups in total. The van der Waals surface area contributed by atoms with Crippen LogP contribution in [0.2, 0.25) is 5.28 Å². The summed E-state index contributed by atoms with van der Waals surface area (Å²) < 4.78 is 107. The third kappa shape index (κ3) is 13.8. The van der Waals surface area contributed by atoms with Gasteiger partial charge in [-0.2, -0.15) is 45.3 Å². The van der Waals surface area contributed by atoms with Crippen LogP contribution in [0.15, 0.2) is 93.7 Å². The number of nitrogens with one attached hydrogen (secondary N) is 1. The Hall–Kier alpha value is -4.99. The van der Waals surface area contributed by atoms with Gasteiger partial charge in [0.1, 0.15) is 32.6 Å². The molecule has 0 bridgehead atoms. The molecule has 0 fully saturated rings. The van der Waals surface area contributed by atoms with Gasteiger partial charge in [0.25, 0.3) is 20.2 Å². The summed E-state index contributed by atoms with van der Waals surface area (Å²) in [7, 11) is -15.1. The summed E-state index contributed by atoms with van der Waals surface area (Å²) in [5, 5.41) is 61.2. The predicted octanol–water partition coefficient (Wildman–Crippen LogP) is 7.42. The molecule has 0 amide bonds. The molecule has 0 saturated heterocycles. The summed E-state index contributed by atoms with van der Waals surface area (Å²) >= 11 is 6.81. The number of azo groups is 2. The molecule has 0 unspecified atom stereocenters. The predicted molar refractivity (Wildman–Crippen MR) is 213 cm³/mol. The van der Waals surface area contributed by atoms with Crippen molar-refractivity contribution in [2.24, 2.45) is 20.5 Å². The van der Waals surface area contributed by atoms with Crippen LogP contribution in [0.1, 0.15) is 5.56 Å². The maximum atomic E-state index is 12.8. The van der Waals surface area contributed by atoms with Crippen LogP contribution in [-0.2, 0) is 66.3 Å². The first kappa shape index (κ1) is 50.7. The van der Waals surface area contributed by atoms with Crippen LogP contribution in [-0.4, -0.2) is 79.7 Å². The van der Waals surface area contributed by atoms with Gasteiger partial charge in [-0.3, -0.25) is 18.5 Å². The van der Waals surface area contributed by atoms with Gasteiger partial charge in [-0.05, 0) is 82.6 Å². The number of phenols is 2. The van der Waals surface area contributed by atoms with Crippen LogP contribution in [0.5, 0.6) is 11.5 Å². The number of aromatic hydroxyl groups is 2. The number of fused-ring (bicyclic) bond motifs is 1. The number of benzene rings is 4. The summed E-state index contributed by atoms with van der Waals surface area (Å²) in [6.07, 6.45) is 1.76. The first-order chi connectivity index (χ1) is 29.0. The number of halogens is 1. The van der Waals surface area contributed by atoms with E-state index in [0.29, 0.717) is 11.8 Å². The van der Waals surface area contributed by atoms with Gasteiger partial charge in [0, 0.05) is 55.8 Å². The van der Waals surface area contributed by atoms with E-state index in [4.69, 9.17) is 26.5 Å². The van der Waals surface area contributed by atoms with Crippen molar-refractivity contribution in [2.75, 3.05) is 5.32 Å². The average molecular weight is 1060 g/mol. The number of hydrogen-bond donors (Lipinski definition) is 8. The molecule has 0 saturated carbocycles. The molecule has 0 aliphatic carbocycles. The Bertz CT molecular complexity index is 3090. The fraction of sp³-hybridized carbons (Fsp3) is 0.0345. The number of rotatable bonds is 15. The normalized spacial score (nSPS) is 12.0. The summed E-state index contributed by atoms with van der Waals surface area (Å²) in [4.78, 5) is 24.5. The van der Waals surface area contributed by atoms with E-state index in [1.807, 2.05) is 0 Å². The molecule has 1 heterocycles. The van der Waals surface area contributed by atoms with Gasteiger partial charge in [0.2, 0.25) is 16.4 Å². The van der Waals surface area contributed by atoms with Crippen molar-refractivity contribution < 1.29 is 99.9 Å². The van der Waals surface area contributed by atoms with Gasteiger partial charge in [-0.1, -0.05) is 5.04 Å². The van der Waals surface area contributed by atoms with Crippen LogP contribution in [0.25, 0.3) is 10.8 Å². The van der Waals surface area contributed by atoms with Crippen molar-refractivity contribution in [3.8, 4) is 22.9 Å². The Morgan fingerprint density at radius 1 is 0.857 bits per heavy atom. The summed E-state index contributed by atoms with van der Waals surface area (Å²) in [6, 6.07) is 8.92. The number of aryl methyl sites for hydroxylation is 1. The summed E-state index contributed by atoms with van der Waals surface area (Å²) in [5.74, 6) is -1.81.